The average molecular weight is 287 g/mol. The molecule has 1 aromatic rings. The lowest BCUT2D eigenvalue weighted by atomic mass is 10.2. The van der Waals surface area contributed by atoms with Crippen LogP contribution in [-0.4, -0.2) is 37.2 Å². The standard InChI is InChI=1S/C12H21N3O3S/c1-5-6-15-9(7-18-12(2,3)4)13-14-11(15)19-8-10(16)17/h5-8H2,1-4H3,(H,16,17). The summed E-state index contributed by atoms with van der Waals surface area (Å²) in [7, 11) is 0. The molecular weight excluding hydrogens is 266 g/mol. The summed E-state index contributed by atoms with van der Waals surface area (Å²) in [5, 5.41) is 17.5. The molecule has 0 saturated heterocycles. The van der Waals surface area contributed by atoms with Gasteiger partial charge in [0.2, 0.25) is 0 Å². The number of carboxylic acid groups (broad SMARTS) is 1. The molecule has 0 unspecified atom stereocenters. The molecule has 108 valence electrons. The number of rotatable bonds is 7. The number of ether oxygens (including phenoxy) is 1. The maximum absolute atomic E-state index is 10.6. The van der Waals surface area contributed by atoms with E-state index in [4.69, 9.17) is 9.84 Å². The van der Waals surface area contributed by atoms with E-state index < -0.39 is 5.97 Å². The molecule has 0 amide bonds. The summed E-state index contributed by atoms with van der Waals surface area (Å²) < 4.78 is 7.62. The minimum atomic E-state index is -0.858. The first kappa shape index (κ1) is 16.0. The van der Waals surface area contributed by atoms with Crippen molar-refractivity contribution >= 4 is 17.7 Å². The first-order valence-electron chi connectivity index (χ1n) is 6.24. The van der Waals surface area contributed by atoms with Crippen LogP contribution in [0, 0.1) is 0 Å². The summed E-state index contributed by atoms with van der Waals surface area (Å²) >= 11 is 1.18. The molecule has 19 heavy (non-hydrogen) atoms. The molecule has 0 aliphatic carbocycles. The van der Waals surface area contributed by atoms with E-state index in [1.165, 1.54) is 11.8 Å². The van der Waals surface area contributed by atoms with Gasteiger partial charge < -0.3 is 14.4 Å². The molecule has 6 nitrogen and oxygen atoms in total. The quantitative estimate of drug-likeness (QED) is 0.775. The number of carbonyl (C=O) groups is 1. The predicted molar refractivity (Wildman–Crippen MR) is 73.2 cm³/mol. The second-order valence-electron chi connectivity index (χ2n) is 5.13. The van der Waals surface area contributed by atoms with Crippen molar-refractivity contribution in [3.05, 3.63) is 5.82 Å². The molecule has 0 aliphatic rings. The van der Waals surface area contributed by atoms with E-state index in [9.17, 15) is 4.79 Å². The third-order valence-corrected chi connectivity index (χ3v) is 3.15. The van der Waals surface area contributed by atoms with Gasteiger partial charge in [-0.2, -0.15) is 0 Å². The van der Waals surface area contributed by atoms with E-state index >= 15 is 0 Å². The maximum atomic E-state index is 10.6. The van der Waals surface area contributed by atoms with Crippen LogP contribution in [0.15, 0.2) is 5.16 Å². The Labute approximate surface area is 117 Å². The number of aromatic nitrogens is 3. The first-order chi connectivity index (χ1) is 8.83. The van der Waals surface area contributed by atoms with E-state index in [1.807, 2.05) is 25.3 Å². The van der Waals surface area contributed by atoms with Crippen LogP contribution in [0.1, 0.15) is 39.9 Å². The lowest BCUT2D eigenvalue weighted by molar-refractivity contribution is -0.133. The van der Waals surface area contributed by atoms with E-state index in [-0.39, 0.29) is 11.4 Å². The van der Waals surface area contributed by atoms with Crippen LogP contribution in [0.2, 0.25) is 0 Å². The lowest BCUT2D eigenvalue weighted by Gasteiger charge is -2.19. The van der Waals surface area contributed by atoms with Crippen LogP contribution < -0.4 is 0 Å². The van der Waals surface area contributed by atoms with Crippen LogP contribution in [0.3, 0.4) is 0 Å². The Hall–Kier alpha value is -1.08. The molecule has 0 aromatic carbocycles. The third kappa shape index (κ3) is 5.61. The highest BCUT2D eigenvalue weighted by Crippen LogP contribution is 2.19. The smallest absolute Gasteiger partial charge is 0.313 e. The van der Waals surface area contributed by atoms with E-state index in [2.05, 4.69) is 17.1 Å². The average Bonchev–Trinajstić information content (AvgIpc) is 2.66. The molecule has 7 heteroatoms. The second kappa shape index (κ2) is 6.91. The van der Waals surface area contributed by atoms with E-state index in [1.54, 1.807) is 0 Å². The Morgan fingerprint density at radius 2 is 2.11 bits per heavy atom. The molecule has 1 rings (SSSR count). The van der Waals surface area contributed by atoms with E-state index in [0.29, 0.717) is 11.8 Å². The molecule has 1 heterocycles. The fraction of sp³-hybridized carbons (Fsp3) is 0.750. The zero-order chi connectivity index (χ0) is 14.5. The normalized spacial score (nSPS) is 11.8. The van der Waals surface area contributed by atoms with Gasteiger partial charge in [-0.05, 0) is 27.2 Å². The summed E-state index contributed by atoms with van der Waals surface area (Å²) in [6, 6.07) is 0. The Balaban J connectivity index is 2.77. The molecular formula is C12H21N3O3S. The van der Waals surface area contributed by atoms with Gasteiger partial charge in [-0.25, -0.2) is 0 Å². The molecule has 0 bridgehead atoms. The van der Waals surface area contributed by atoms with Crippen molar-refractivity contribution in [2.45, 2.75) is 58.0 Å². The highest BCUT2D eigenvalue weighted by atomic mass is 32.2. The van der Waals surface area contributed by atoms with Gasteiger partial charge in [-0.15, -0.1) is 10.2 Å². The van der Waals surface area contributed by atoms with Crippen molar-refractivity contribution in [1.82, 2.24) is 14.8 Å². The molecule has 1 N–H and O–H groups in total. The van der Waals surface area contributed by atoms with E-state index in [0.717, 1.165) is 18.8 Å². The fourth-order valence-electron chi connectivity index (χ4n) is 1.39. The zero-order valence-electron chi connectivity index (χ0n) is 11.8. The van der Waals surface area contributed by atoms with Crippen LogP contribution in [0.4, 0.5) is 0 Å². The van der Waals surface area contributed by atoms with Gasteiger partial charge in [0.25, 0.3) is 0 Å². The summed E-state index contributed by atoms with van der Waals surface area (Å²) in [5.74, 6) is -0.129. The summed E-state index contributed by atoms with van der Waals surface area (Å²) in [6.45, 7) is 9.14. The van der Waals surface area contributed by atoms with Crippen molar-refractivity contribution in [3.63, 3.8) is 0 Å². The minimum absolute atomic E-state index is 0.0119. The number of hydrogen-bond acceptors (Lipinski definition) is 5. The largest absolute Gasteiger partial charge is 0.481 e. The second-order valence-corrected chi connectivity index (χ2v) is 6.08. The molecule has 1 aromatic heterocycles. The van der Waals surface area contributed by atoms with Crippen LogP contribution in [-0.2, 0) is 22.7 Å². The summed E-state index contributed by atoms with van der Waals surface area (Å²) in [6.07, 6.45) is 0.932. The van der Waals surface area contributed by atoms with Crippen molar-refractivity contribution in [2.75, 3.05) is 5.75 Å². The Kier molecular flexibility index (Phi) is 5.81. The van der Waals surface area contributed by atoms with Crippen molar-refractivity contribution < 1.29 is 14.6 Å². The molecule has 0 saturated carbocycles. The number of aliphatic carboxylic acids is 1. The highest BCUT2D eigenvalue weighted by molar-refractivity contribution is 7.99. The van der Waals surface area contributed by atoms with Crippen molar-refractivity contribution in [1.29, 1.82) is 0 Å². The van der Waals surface area contributed by atoms with Gasteiger partial charge in [0, 0.05) is 6.54 Å². The van der Waals surface area contributed by atoms with Gasteiger partial charge in [-0.3, -0.25) is 4.79 Å². The van der Waals surface area contributed by atoms with Gasteiger partial charge in [0.1, 0.15) is 6.61 Å². The summed E-state index contributed by atoms with van der Waals surface area (Å²) in [5.41, 5.74) is -0.239. The zero-order valence-corrected chi connectivity index (χ0v) is 12.7. The Morgan fingerprint density at radius 1 is 1.42 bits per heavy atom. The maximum Gasteiger partial charge on any atom is 0.313 e. The molecule has 0 fully saturated rings. The van der Waals surface area contributed by atoms with Gasteiger partial charge in [0.05, 0.1) is 11.4 Å². The van der Waals surface area contributed by atoms with Gasteiger partial charge in [0.15, 0.2) is 11.0 Å². The van der Waals surface area contributed by atoms with Crippen molar-refractivity contribution in [2.24, 2.45) is 0 Å². The SMILES string of the molecule is CCCn1c(COC(C)(C)C)nnc1SCC(=O)O. The predicted octanol–water partition coefficient (Wildman–Crippen LogP) is 2.18. The fourth-order valence-corrected chi connectivity index (χ4v) is 2.09. The number of carboxylic acids is 1. The minimum Gasteiger partial charge on any atom is -0.481 e. The monoisotopic (exact) mass is 287 g/mol. The van der Waals surface area contributed by atoms with Crippen LogP contribution >= 0.6 is 11.8 Å². The summed E-state index contributed by atoms with van der Waals surface area (Å²) in [4.78, 5) is 10.6. The van der Waals surface area contributed by atoms with Crippen LogP contribution in [0.25, 0.3) is 0 Å². The highest BCUT2D eigenvalue weighted by Gasteiger charge is 2.16. The van der Waals surface area contributed by atoms with Crippen molar-refractivity contribution in [3.8, 4) is 0 Å². The number of nitrogens with zero attached hydrogens (tertiary/aromatic N) is 3. The molecule has 0 aliphatic heterocycles. The van der Waals surface area contributed by atoms with Gasteiger partial charge >= 0.3 is 5.97 Å². The number of hydrogen-bond donors (Lipinski definition) is 1. The Morgan fingerprint density at radius 3 is 2.63 bits per heavy atom. The topological polar surface area (TPSA) is 77.2 Å². The molecule has 0 spiro atoms. The molecule has 0 radical (unpaired) electrons. The first-order valence-corrected chi connectivity index (χ1v) is 7.22. The van der Waals surface area contributed by atoms with Gasteiger partial charge in [-0.1, -0.05) is 18.7 Å². The molecule has 0 atom stereocenters. The number of thioether (sulfide) groups is 1. The Bertz CT molecular complexity index is 426. The lowest BCUT2D eigenvalue weighted by Crippen LogP contribution is -2.20. The third-order valence-electron chi connectivity index (χ3n) is 2.20. The van der Waals surface area contributed by atoms with Crippen LogP contribution in [0.5, 0.6) is 0 Å².